The molecule has 0 saturated carbocycles. The lowest BCUT2D eigenvalue weighted by Gasteiger charge is -2.22. The number of carboxylic acids is 2. The van der Waals surface area contributed by atoms with Gasteiger partial charge in [0.15, 0.2) is 0 Å². The van der Waals surface area contributed by atoms with Crippen molar-refractivity contribution in [2.24, 2.45) is 0 Å². The molecular weight excluding hydrogens is 332 g/mol. The molecule has 6 nitrogen and oxygen atoms in total. The van der Waals surface area contributed by atoms with Crippen LogP contribution in [0, 0.1) is 0 Å². The van der Waals surface area contributed by atoms with Gasteiger partial charge in [0.25, 0.3) is 0 Å². The van der Waals surface area contributed by atoms with Crippen molar-refractivity contribution in [2.75, 3.05) is 42.3 Å². The molecule has 2 rings (SSSR count). The van der Waals surface area contributed by atoms with Crippen molar-refractivity contribution in [3.05, 3.63) is 60.7 Å². The monoisotopic (exact) mass is 360 g/mol. The summed E-state index contributed by atoms with van der Waals surface area (Å²) in [5.41, 5.74) is 2.67. The average Bonchev–Trinajstić information content (AvgIpc) is 2.56. The molecule has 26 heavy (non-hydrogen) atoms. The quantitative estimate of drug-likeness (QED) is 0.568. The Labute approximate surface area is 155 Å². The Morgan fingerprint density at radius 2 is 0.808 bits per heavy atom. The van der Waals surface area contributed by atoms with Gasteiger partial charge in [-0.15, -0.1) is 0 Å². The molecule has 0 bridgehead atoms. The number of hydrogen-bond acceptors (Lipinski definition) is 4. The zero-order valence-electron chi connectivity index (χ0n) is 16.3. The van der Waals surface area contributed by atoms with E-state index < -0.39 is 11.9 Å². The Hall–Kier alpha value is -2.70. The van der Waals surface area contributed by atoms with E-state index >= 15 is 0 Å². The molecule has 0 aliphatic carbocycles. The first-order valence-electron chi connectivity index (χ1n) is 8.02. The third-order valence-electron chi connectivity index (χ3n) is 3.23. The second-order valence-corrected chi connectivity index (χ2v) is 7.27. The largest absolute Gasteiger partial charge is 0.543 e. The number of aliphatic carboxylic acids is 2. The fourth-order valence-electron chi connectivity index (χ4n) is 1.75. The molecule has 0 aliphatic rings. The molecule has 0 aromatic heterocycles. The summed E-state index contributed by atoms with van der Waals surface area (Å²) in [5.74, 6) is -4.37. The summed E-state index contributed by atoms with van der Waals surface area (Å²) in [4.78, 5) is 17.9. The zero-order chi connectivity index (χ0) is 20.4. The Kier molecular flexibility index (Phi) is 9.25. The van der Waals surface area contributed by atoms with Gasteiger partial charge in [0, 0.05) is 0 Å². The predicted octanol–water partition coefficient (Wildman–Crippen LogP) is 0.253. The molecule has 142 valence electrons. The van der Waals surface area contributed by atoms with E-state index in [1.54, 1.807) is 0 Å². The lowest BCUT2D eigenvalue weighted by Crippen LogP contribution is -2.42. The van der Waals surface area contributed by atoms with E-state index in [1.165, 1.54) is 11.4 Å². The van der Waals surface area contributed by atoms with E-state index in [2.05, 4.69) is 90.8 Å². The number of para-hydroxylation sites is 2. The van der Waals surface area contributed by atoms with Gasteiger partial charge in [0.05, 0.1) is 54.2 Å². The lowest BCUT2D eigenvalue weighted by molar-refractivity contribution is -0.345. The van der Waals surface area contributed by atoms with Crippen molar-refractivity contribution >= 4 is 23.3 Å². The fraction of sp³-hybridized carbons (Fsp3) is 0.300. The summed E-state index contributed by atoms with van der Waals surface area (Å²) < 4.78 is 1.78. The number of quaternary nitrogens is 2. The molecule has 2 aromatic carbocycles. The summed E-state index contributed by atoms with van der Waals surface area (Å²) in [6, 6.07) is 20.9. The third kappa shape index (κ3) is 10.2. The molecule has 0 aliphatic heterocycles. The number of rotatable bonds is 2. The van der Waals surface area contributed by atoms with Crippen LogP contribution in [0.5, 0.6) is 0 Å². The van der Waals surface area contributed by atoms with E-state index in [1.807, 2.05) is 12.1 Å². The van der Waals surface area contributed by atoms with Crippen molar-refractivity contribution in [1.82, 2.24) is 8.97 Å². The van der Waals surface area contributed by atoms with E-state index in [-0.39, 0.29) is 0 Å². The zero-order valence-corrected chi connectivity index (χ0v) is 16.3. The molecule has 0 N–H and O–H groups in total. The van der Waals surface area contributed by atoms with E-state index in [0.29, 0.717) is 0 Å². The molecule has 0 radical (unpaired) electrons. The summed E-state index contributed by atoms with van der Waals surface area (Å²) in [5, 5.41) is 17.9. The van der Waals surface area contributed by atoms with Gasteiger partial charge in [-0.2, -0.15) is 0 Å². The molecule has 2 aromatic rings. The Morgan fingerprint density at radius 3 is 0.923 bits per heavy atom. The van der Waals surface area contributed by atoms with E-state index in [4.69, 9.17) is 19.8 Å². The lowest BCUT2D eigenvalue weighted by atomic mass is 10.3. The van der Waals surface area contributed by atoms with Crippen molar-refractivity contribution < 1.29 is 19.8 Å². The second kappa shape index (κ2) is 10.3. The molecule has 0 amide bonds. The SMILES string of the molecule is C[N+](C)(C)c1ccccc1.C[N+](C)(C)c1ccccc1.O=C([O-])C(=O)[O-]. The van der Waals surface area contributed by atoms with Crippen LogP contribution in [-0.4, -0.2) is 54.2 Å². The van der Waals surface area contributed by atoms with Gasteiger partial charge in [0.1, 0.15) is 11.4 Å². The molecule has 0 fully saturated rings. The van der Waals surface area contributed by atoms with Crippen LogP contribution in [0.3, 0.4) is 0 Å². The maximum absolute atomic E-state index is 8.93. The maximum atomic E-state index is 8.93. The normalized spacial score (nSPS) is 10.5. The number of benzene rings is 2. The van der Waals surface area contributed by atoms with Gasteiger partial charge in [-0.25, -0.2) is 0 Å². The van der Waals surface area contributed by atoms with Gasteiger partial charge < -0.3 is 19.8 Å². The topological polar surface area (TPSA) is 80.3 Å². The first-order valence-corrected chi connectivity index (χ1v) is 8.02. The highest BCUT2D eigenvalue weighted by Gasteiger charge is 2.09. The van der Waals surface area contributed by atoms with Crippen LogP contribution in [0.25, 0.3) is 0 Å². The minimum atomic E-state index is -2.19. The molecule has 0 saturated heterocycles. The molecule has 6 heteroatoms. The van der Waals surface area contributed by atoms with Crippen LogP contribution < -0.4 is 19.2 Å². The van der Waals surface area contributed by atoms with Crippen LogP contribution in [0.1, 0.15) is 0 Å². The van der Waals surface area contributed by atoms with Crippen LogP contribution in [0.15, 0.2) is 60.7 Å². The predicted molar refractivity (Wildman–Crippen MR) is 102 cm³/mol. The summed E-state index contributed by atoms with van der Waals surface area (Å²) in [6.07, 6.45) is 0. The van der Waals surface area contributed by atoms with Crippen LogP contribution in [-0.2, 0) is 9.59 Å². The number of carbonyl (C=O) groups excluding carboxylic acids is 2. The summed E-state index contributed by atoms with van der Waals surface area (Å²) >= 11 is 0. The van der Waals surface area contributed by atoms with Crippen molar-refractivity contribution in [3.63, 3.8) is 0 Å². The highest BCUT2D eigenvalue weighted by atomic mass is 16.4. The van der Waals surface area contributed by atoms with Crippen LogP contribution in [0.2, 0.25) is 0 Å². The molecule has 0 heterocycles. The smallest absolute Gasteiger partial charge is 0.132 e. The van der Waals surface area contributed by atoms with E-state index in [9.17, 15) is 0 Å². The molecule has 0 spiro atoms. The molecule has 0 atom stereocenters. The standard InChI is InChI=1S/2C9H14N.C2H2O4/c2*1-10(2,3)9-7-5-4-6-8-9;3-1(4)2(5)6/h2*4-8H,1-3H3;(H,3,4)(H,5,6)/q2*+1;/p-2. The Morgan fingerprint density at radius 1 is 0.577 bits per heavy atom. The summed E-state index contributed by atoms with van der Waals surface area (Å²) in [7, 11) is 13.0. The molecular formula is C20H28N2O4. The number of carboxylic acid groups (broad SMARTS) is 2. The number of nitrogens with zero attached hydrogens (tertiary/aromatic N) is 2. The third-order valence-corrected chi connectivity index (χ3v) is 3.23. The van der Waals surface area contributed by atoms with Crippen molar-refractivity contribution in [2.45, 2.75) is 0 Å². The number of hydrogen-bond donors (Lipinski definition) is 0. The van der Waals surface area contributed by atoms with Crippen LogP contribution in [0.4, 0.5) is 11.4 Å². The van der Waals surface area contributed by atoms with Gasteiger partial charge in [0.2, 0.25) is 0 Å². The Balaban J connectivity index is 0.000000375. The Bertz CT molecular complexity index is 611. The fourth-order valence-corrected chi connectivity index (χ4v) is 1.75. The highest BCUT2D eigenvalue weighted by molar-refractivity contribution is 6.25. The molecule has 0 unspecified atom stereocenters. The van der Waals surface area contributed by atoms with Gasteiger partial charge in [-0.1, -0.05) is 36.4 Å². The number of carbonyl (C=O) groups is 2. The van der Waals surface area contributed by atoms with Crippen LogP contribution >= 0.6 is 0 Å². The first-order chi connectivity index (χ1) is 11.9. The maximum Gasteiger partial charge on any atom is 0.132 e. The minimum Gasteiger partial charge on any atom is -0.543 e. The van der Waals surface area contributed by atoms with Crippen molar-refractivity contribution in [1.29, 1.82) is 0 Å². The second-order valence-electron chi connectivity index (χ2n) is 7.27. The first kappa shape index (κ1) is 23.3. The van der Waals surface area contributed by atoms with Crippen molar-refractivity contribution in [3.8, 4) is 0 Å². The minimum absolute atomic E-state index is 0.890. The summed E-state index contributed by atoms with van der Waals surface area (Å²) in [6.45, 7) is 0. The highest BCUT2D eigenvalue weighted by Crippen LogP contribution is 2.14. The average molecular weight is 360 g/mol. The van der Waals surface area contributed by atoms with Gasteiger partial charge >= 0.3 is 0 Å². The van der Waals surface area contributed by atoms with Gasteiger partial charge in [-0.05, 0) is 24.3 Å². The van der Waals surface area contributed by atoms with Gasteiger partial charge in [-0.3, -0.25) is 8.97 Å². The van der Waals surface area contributed by atoms with E-state index in [0.717, 1.165) is 8.97 Å².